The summed E-state index contributed by atoms with van der Waals surface area (Å²) in [6, 6.07) is -0.892. The highest BCUT2D eigenvalue weighted by Gasteiger charge is 2.77. The van der Waals surface area contributed by atoms with Crippen LogP contribution in [0.25, 0.3) is 0 Å². The van der Waals surface area contributed by atoms with Gasteiger partial charge < -0.3 is 29.7 Å². The van der Waals surface area contributed by atoms with E-state index < -0.39 is 47.2 Å². The van der Waals surface area contributed by atoms with Gasteiger partial charge in [0.25, 0.3) is 0 Å². The maximum atomic E-state index is 14.4. The second-order valence-corrected chi connectivity index (χ2v) is 13.8. The van der Waals surface area contributed by atoms with Crippen LogP contribution in [0.4, 0.5) is 0 Å². The second-order valence-electron chi connectivity index (χ2n) is 12.6. The van der Waals surface area contributed by atoms with Gasteiger partial charge in [0.2, 0.25) is 17.7 Å². The van der Waals surface area contributed by atoms with E-state index in [1.54, 1.807) is 28.9 Å². The number of hydrogen-bond donors (Lipinski definition) is 2. The van der Waals surface area contributed by atoms with E-state index in [1.807, 2.05) is 20.8 Å². The number of fused-ring (bicyclic) bond motifs is 1. The van der Waals surface area contributed by atoms with Crippen LogP contribution in [-0.2, 0) is 28.7 Å². The number of alkyl halides is 1. The van der Waals surface area contributed by atoms with Crippen LogP contribution < -0.4 is 5.32 Å². The van der Waals surface area contributed by atoms with Gasteiger partial charge in [-0.05, 0) is 53.4 Å². The van der Waals surface area contributed by atoms with Crippen molar-refractivity contribution in [3.63, 3.8) is 0 Å². The molecule has 0 radical (unpaired) electrons. The molecule has 0 aromatic heterocycles. The first-order valence-electron chi connectivity index (χ1n) is 15.1. The number of amides is 3. The molecule has 11 heteroatoms. The van der Waals surface area contributed by atoms with Crippen molar-refractivity contribution >= 4 is 39.6 Å². The SMILES string of the molecule is C=CCCC(=O)NC[C@H](C)OC(=O)[C@@H]1[C@H]2O[C@@]3(CC2Br)[C@H](C(=O)N(CC=C)C(C)(C)C)N(CCCCCCO)C(=O)[C@@H]13. The van der Waals surface area contributed by atoms with Crippen LogP contribution in [0.1, 0.15) is 72.6 Å². The molecule has 3 amide bonds. The van der Waals surface area contributed by atoms with E-state index in [-0.39, 0.29) is 35.7 Å². The molecule has 1 spiro atoms. The Labute approximate surface area is 258 Å². The van der Waals surface area contributed by atoms with E-state index in [0.29, 0.717) is 45.2 Å². The molecule has 236 valence electrons. The zero-order valence-electron chi connectivity index (χ0n) is 25.5. The number of nitrogens with zero attached hydrogens (tertiary/aromatic N) is 2. The number of nitrogens with one attached hydrogen (secondary N) is 1. The highest BCUT2D eigenvalue weighted by atomic mass is 79.9. The monoisotopic (exact) mass is 653 g/mol. The van der Waals surface area contributed by atoms with E-state index in [0.717, 1.165) is 12.8 Å². The minimum absolute atomic E-state index is 0.111. The van der Waals surface area contributed by atoms with Gasteiger partial charge in [0.1, 0.15) is 17.7 Å². The molecule has 3 aliphatic heterocycles. The van der Waals surface area contributed by atoms with Gasteiger partial charge in [-0.3, -0.25) is 19.2 Å². The Kier molecular flexibility index (Phi) is 11.8. The number of carbonyl (C=O) groups excluding carboxylic acids is 4. The summed E-state index contributed by atoms with van der Waals surface area (Å²) in [4.78, 5) is 57.3. The molecule has 2 N–H and O–H groups in total. The van der Waals surface area contributed by atoms with Gasteiger partial charge in [-0.2, -0.15) is 0 Å². The summed E-state index contributed by atoms with van der Waals surface area (Å²) in [6.45, 7) is 15.9. The topological polar surface area (TPSA) is 125 Å². The molecule has 1 unspecified atom stereocenters. The van der Waals surface area contributed by atoms with Crippen molar-refractivity contribution in [3.8, 4) is 0 Å². The molecule has 0 aliphatic carbocycles. The van der Waals surface area contributed by atoms with E-state index in [2.05, 4.69) is 34.4 Å². The summed E-state index contributed by atoms with van der Waals surface area (Å²) in [7, 11) is 0. The standard InChI is InChI=1S/C31H48BrN3O7/c1-7-9-14-22(37)33-19-20(3)41-29(40)23-24-27(38)34(16-12-10-11-13-17-36)26(31(24)18-21(32)25(23)42-31)28(39)35(15-8-2)30(4,5)6/h7-8,20-21,23-26,36H,1-2,9-19H2,3-6H3,(H,33,37)/t20-,21?,23-,24+,25-,26-,31+/m0/s1. The number of aliphatic hydroxyl groups is 1. The first-order chi connectivity index (χ1) is 19.8. The van der Waals surface area contributed by atoms with Crippen LogP contribution in [0.2, 0.25) is 0 Å². The summed E-state index contributed by atoms with van der Waals surface area (Å²) < 4.78 is 12.3. The Morgan fingerprint density at radius 1 is 1.24 bits per heavy atom. The summed E-state index contributed by atoms with van der Waals surface area (Å²) >= 11 is 3.69. The van der Waals surface area contributed by atoms with E-state index in [9.17, 15) is 19.2 Å². The quantitative estimate of drug-likeness (QED) is 0.113. The Morgan fingerprint density at radius 2 is 1.93 bits per heavy atom. The number of carbonyl (C=O) groups is 4. The highest BCUT2D eigenvalue weighted by Crippen LogP contribution is 2.60. The lowest BCUT2D eigenvalue weighted by Crippen LogP contribution is -2.60. The zero-order valence-corrected chi connectivity index (χ0v) is 27.1. The number of halogens is 1. The van der Waals surface area contributed by atoms with Crippen LogP contribution in [0.15, 0.2) is 25.3 Å². The summed E-state index contributed by atoms with van der Waals surface area (Å²) in [5, 5.41) is 11.9. The lowest BCUT2D eigenvalue weighted by molar-refractivity contribution is -0.159. The molecule has 42 heavy (non-hydrogen) atoms. The molecule has 3 aliphatic rings. The van der Waals surface area contributed by atoms with Gasteiger partial charge >= 0.3 is 5.97 Å². The highest BCUT2D eigenvalue weighted by molar-refractivity contribution is 9.09. The first-order valence-corrected chi connectivity index (χ1v) is 16.0. The van der Waals surface area contributed by atoms with Crippen LogP contribution in [0, 0.1) is 11.8 Å². The smallest absolute Gasteiger partial charge is 0.312 e. The maximum absolute atomic E-state index is 14.4. The Hall–Kier alpha value is -2.24. The summed E-state index contributed by atoms with van der Waals surface area (Å²) in [6.07, 6.45) is 6.32. The average molecular weight is 655 g/mol. The fourth-order valence-electron chi connectivity index (χ4n) is 6.53. The van der Waals surface area contributed by atoms with E-state index in [4.69, 9.17) is 14.6 Å². The molecule has 3 rings (SSSR count). The minimum Gasteiger partial charge on any atom is -0.460 e. The van der Waals surface area contributed by atoms with E-state index >= 15 is 0 Å². The van der Waals surface area contributed by atoms with Crippen LogP contribution >= 0.6 is 15.9 Å². The van der Waals surface area contributed by atoms with Crippen molar-refractivity contribution in [1.29, 1.82) is 0 Å². The van der Waals surface area contributed by atoms with Gasteiger partial charge in [0, 0.05) is 36.5 Å². The maximum Gasteiger partial charge on any atom is 0.312 e. The molecule has 7 atom stereocenters. The number of likely N-dealkylation sites (tertiary alicyclic amines) is 1. The fourth-order valence-corrected chi connectivity index (χ4v) is 7.48. The Bertz CT molecular complexity index is 1030. The van der Waals surface area contributed by atoms with Crippen molar-refractivity contribution in [1.82, 2.24) is 15.1 Å². The van der Waals surface area contributed by atoms with Crippen molar-refractivity contribution in [2.45, 2.75) is 107 Å². The minimum atomic E-state index is -1.17. The molecule has 3 heterocycles. The molecule has 2 bridgehead atoms. The van der Waals surface area contributed by atoms with Gasteiger partial charge in [0.05, 0.1) is 24.5 Å². The largest absolute Gasteiger partial charge is 0.460 e. The molecule has 3 saturated heterocycles. The number of aliphatic hydroxyl groups excluding tert-OH is 1. The number of allylic oxidation sites excluding steroid dienone is 1. The fraction of sp³-hybridized carbons (Fsp3) is 0.742. The third kappa shape index (κ3) is 7.10. The predicted octanol–water partition coefficient (Wildman–Crippen LogP) is 3.11. The number of esters is 1. The first kappa shape index (κ1) is 34.3. The average Bonchev–Trinajstić information content (AvgIpc) is 3.51. The van der Waals surface area contributed by atoms with Gasteiger partial charge in [-0.1, -0.05) is 40.9 Å². The van der Waals surface area contributed by atoms with E-state index in [1.165, 1.54) is 0 Å². The van der Waals surface area contributed by atoms with Crippen molar-refractivity contribution in [2.24, 2.45) is 11.8 Å². The Morgan fingerprint density at radius 3 is 2.55 bits per heavy atom. The number of rotatable bonds is 16. The van der Waals surface area contributed by atoms with Crippen molar-refractivity contribution in [2.75, 3.05) is 26.2 Å². The van der Waals surface area contributed by atoms with Crippen molar-refractivity contribution in [3.05, 3.63) is 25.3 Å². The van der Waals surface area contributed by atoms with Gasteiger partial charge in [-0.25, -0.2) is 0 Å². The number of ether oxygens (including phenoxy) is 2. The molecular weight excluding hydrogens is 606 g/mol. The normalized spacial score (nSPS) is 28.8. The molecule has 0 aromatic carbocycles. The number of unbranched alkanes of at least 4 members (excludes halogenated alkanes) is 3. The summed E-state index contributed by atoms with van der Waals surface area (Å²) in [5.41, 5.74) is -1.71. The molecule has 0 aromatic rings. The lowest BCUT2D eigenvalue weighted by atomic mass is 9.70. The zero-order chi connectivity index (χ0) is 31.2. The Balaban J connectivity index is 1.88. The third-order valence-corrected chi connectivity index (χ3v) is 9.31. The molecule has 0 saturated carbocycles. The predicted molar refractivity (Wildman–Crippen MR) is 163 cm³/mol. The van der Waals surface area contributed by atoms with Crippen LogP contribution in [0.3, 0.4) is 0 Å². The number of hydrogen-bond acceptors (Lipinski definition) is 7. The van der Waals surface area contributed by atoms with Crippen molar-refractivity contribution < 1.29 is 33.8 Å². The third-order valence-electron chi connectivity index (χ3n) is 8.47. The molecular formula is C31H48BrN3O7. The van der Waals surface area contributed by atoms with Crippen LogP contribution in [0.5, 0.6) is 0 Å². The molecule has 10 nitrogen and oxygen atoms in total. The summed E-state index contributed by atoms with van der Waals surface area (Å²) in [5.74, 6) is -2.95. The van der Waals surface area contributed by atoms with Crippen LogP contribution in [-0.4, -0.2) is 99.1 Å². The molecule has 3 fully saturated rings. The second kappa shape index (κ2) is 14.5. The lowest BCUT2D eigenvalue weighted by Gasteiger charge is -2.42. The van der Waals surface area contributed by atoms with Gasteiger partial charge in [0.15, 0.2) is 0 Å². The van der Waals surface area contributed by atoms with Gasteiger partial charge in [-0.15, -0.1) is 13.2 Å².